The standard InChI is InChI=1S/C9H10O3.C7H8N2O2.H2O/c10-7-5-3-1-2-4-6(5)8(11)9(7)12;8-9-7(11)5-1-3-6(10)4-2-5;/h5-6H,1-4H2;1-4,10H,8H2,(H,9,11);1H2. The molecule has 0 bridgehead atoms. The zero-order valence-corrected chi connectivity index (χ0v) is 13.0. The molecule has 1 aromatic carbocycles. The Bertz CT molecular complexity index is 614. The molecule has 24 heavy (non-hydrogen) atoms. The number of phenolic OH excluding ortho intramolecular Hbond substituents is 1. The molecule has 130 valence electrons. The lowest BCUT2D eigenvalue weighted by Gasteiger charge is -2.20. The van der Waals surface area contributed by atoms with Gasteiger partial charge in [0.1, 0.15) is 5.75 Å². The molecule has 2 saturated carbocycles. The normalized spacial score (nSPS) is 22.0. The minimum atomic E-state index is -0.744. The van der Waals surface area contributed by atoms with E-state index in [0.717, 1.165) is 25.7 Å². The van der Waals surface area contributed by atoms with E-state index in [2.05, 4.69) is 0 Å². The van der Waals surface area contributed by atoms with Gasteiger partial charge in [0.15, 0.2) is 0 Å². The molecule has 0 spiro atoms. The molecule has 2 aliphatic rings. The van der Waals surface area contributed by atoms with Crippen LogP contribution in [0.1, 0.15) is 36.0 Å². The Hall–Kier alpha value is -2.58. The first-order valence-electron chi connectivity index (χ1n) is 7.38. The minimum absolute atomic E-state index is 0. The van der Waals surface area contributed by atoms with Crippen LogP contribution in [0, 0.1) is 11.8 Å². The van der Waals surface area contributed by atoms with Crippen molar-refractivity contribution in [2.24, 2.45) is 17.7 Å². The van der Waals surface area contributed by atoms with E-state index in [1.807, 2.05) is 5.43 Å². The van der Waals surface area contributed by atoms with Crippen molar-refractivity contribution >= 4 is 23.3 Å². The summed E-state index contributed by atoms with van der Waals surface area (Å²) in [6, 6.07) is 5.81. The zero-order chi connectivity index (χ0) is 17.0. The molecule has 1 aromatic rings. The van der Waals surface area contributed by atoms with Gasteiger partial charge in [-0.25, -0.2) is 5.84 Å². The Kier molecular flexibility index (Phi) is 6.75. The molecule has 1 amide bonds. The lowest BCUT2D eigenvalue weighted by molar-refractivity contribution is -0.141. The van der Waals surface area contributed by atoms with Crippen molar-refractivity contribution in [2.75, 3.05) is 0 Å². The number of rotatable bonds is 1. The first-order chi connectivity index (χ1) is 11.0. The summed E-state index contributed by atoms with van der Waals surface area (Å²) < 4.78 is 0. The molecule has 8 nitrogen and oxygen atoms in total. The number of carbonyl (C=O) groups excluding carboxylic acids is 4. The maximum Gasteiger partial charge on any atom is 0.265 e. The average Bonchev–Trinajstić information content (AvgIpc) is 2.80. The van der Waals surface area contributed by atoms with Crippen molar-refractivity contribution in [1.29, 1.82) is 0 Å². The Morgan fingerprint density at radius 2 is 1.46 bits per heavy atom. The molecule has 8 heteroatoms. The van der Waals surface area contributed by atoms with E-state index in [1.54, 1.807) is 0 Å². The van der Waals surface area contributed by atoms with Gasteiger partial charge in [-0.15, -0.1) is 0 Å². The van der Waals surface area contributed by atoms with Gasteiger partial charge >= 0.3 is 0 Å². The number of Topliss-reactive ketones (excluding diaryl/α,β-unsaturated/α-hetero) is 3. The van der Waals surface area contributed by atoms with E-state index >= 15 is 0 Å². The third kappa shape index (κ3) is 4.03. The number of nitrogens with two attached hydrogens (primary N) is 1. The number of carbonyl (C=O) groups is 4. The monoisotopic (exact) mass is 336 g/mol. The highest BCUT2D eigenvalue weighted by molar-refractivity contribution is 6.68. The molecule has 2 atom stereocenters. The predicted molar refractivity (Wildman–Crippen MR) is 83.8 cm³/mol. The summed E-state index contributed by atoms with van der Waals surface area (Å²) in [5.41, 5.74) is 2.40. The minimum Gasteiger partial charge on any atom is -0.508 e. The summed E-state index contributed by atoms with van der Waals surface area (Å²) >= 11 is 0. The van der Waals surface area contributed by atoms with Gasteiger partial charge < -0.3 is 10.6 Å². The van der Waals surface area contributed by atoms with Crippen molar-refractivity contribution in [3.8, 4) is 5.75 Å². The van der Waals surface area contributed by atoms with Crippen LogP contribution >= 0.6 is 0 Å². The van der Waals surface area contributed by atoms with E-state index in [1.165, 1.54) is 24.3 Å². The van der Waals surface area contributed by atoms with Crippen LogP contribution in [0.2, 0.25) is 0 Å². The number of hydrogen-bond donors (Lipinski definition) is 3. The Morgan fingerprint density at radius 1 is 1.00 bits per heavy atom. The quantitative estimate of drug-likeness (QED) is 0.276. The SMILES string of the molecule is NNC(=O)c1ccc(O)cc1.O.O=C1C(=O)C2CCCCC2C1=O. The molecular weight excluding hydrogens is 316 g/mol. The summed E-state index contributed by atoms with van der Waals surface area (Å²) in [6.45, 7) is 0. The molecule has 6 N–H and O–H groups in total. The fraction of sp³-hybridized carbons (Fsp3) is 0.375. The first-order valence-corrected chi connectivity index (χ1v) is 7.38. The van der Waals surface area contributed by atoms with Crippen LogP contribution in [0.25, 0.3) is 0 Å². The van der Waals surface area contributed by atoms with Crippen molar-refractivity contribution in [2.45, 2.75) is 25.7 Å². The molecule has 0 aromatic heterocycles. The van der Waals surface area contributed by atoms with Crippen LogP contribution < -0.4 is 11.3 Å². The number of benzene rings is 1. The van der Waals surface area contributed by atoms with Crippen LogP contribution in [0.4, 0.5) is 0 Å². The highest BCUT2D eigenvalue weighted by atomic mass is 16.3. The number of fused-ring (bicyclic) bond motifs is 1. The summed E-state index contributed by atoms with van der Waals surface area (Å²) in [4.78, 5) is 44.1. The maximum absolute atomic E-state index is 11.2. The van der Waals surface area contributed by atoms with E-state index in [-0.39, 0.29) is 29.0 Å². The molecule has 2 aliphatic carbocycles. The number of nitrogen functional groups attached to an aromatic ring is 1. The fourth-order valence-corrected chi connectivity index (χ4v) is 2.91. The number of ketones is 3. The molecule has 0 saturated heterocycles. The summed E-state index contributed by atoms with van der Waals surface area (Å²) in [6.07, 6.45) is 3.43. The van der Waals surface area contributed by atoms with E-state index in [4.69, 9.17) is 10.9 Å². The van der Waals surface area contributed by atoms with Crippen LogP contribution in [-0.4, -0.2) is 33.8 Å². The summed E-state index contributed by atoms with van der Waals surface area (Å²) in [5.74, 6) is 2.54. The molecule has 0 heterocycles. The molecule has 0 aliphatic heterocycles. The molecule has 2 unspecified atom stereocenters. The third-order valence-electron chi connectivity index (χ3n) is 4.15. The van der Waals surface area contributed by atoms with Gasteiger partial charge in [0.05, 0.1) is 0 Å². The number of amides is 1. The number of phenols is 1. The van der Waals surface area contributed by atoms with Gasteiger partial charge in [-0.3, -0.25) is 24.6 Å². The first kappa shape index (κ1) is 19.5. The number of hydrazine groups is 1. The van der Waals surface area contributed by atoms with E-state index < -0.39 is 17.3 Å². The molecule has 3 rings (SSSR count). The van der Waals surface area contributed by atoms with Gasteiger partial charge in [0, 0.05) is 17.4 Å². The van der Waals surface area contributed by atoms with Crippen LogP contribution in [-0.2, 0) is 14.4 Å². The smallest absolute Gasteiger partial charge is 0.265 e. The lowest BCUT2D eigenvalue weighted by atomic mass is 9.81. The van der Waals surface area contributed by atoms with Crippen LogP contribution in [0.15, 0.2) is 24.3 Å². The highest BCUT2D eigenvalue weighted by Gasteiger charge is 2.48. The zero-order valence-electron chi connectivity index (χ0n) is 13.0. The predicted octanol–water partition coefficient (Wildman–Crippen LogP) is -0.315. The summed E-state index contributed by atoms with van der Waals surface area (Å²) in [5, 5.41) is 8.85. The highest BCUT2D eigenvalue weighted by Crippen LogP contribution is 2.36. The summed E-state index contributed by atoms with van der Waals surface area (Å²) in [7, 11) is 0. The largest absolute Gasteiger partial charge is 0.508 e. The fourth-order valence-electron chi connectivity index (χ4n) is 2.91. The average molecular weight is 336 g/mol. The van der Waals surface area contributed by atoms with Crippen molar-refractivity contribution in [3.05, 3.63) is 29.8 Å². The second-order valence-electron chi connectivity index (χ2n) is 5.58. The number of nitrogens with one attached hydrogen (secondary N) is 1. The second-order valence-corrected chi connectivity index (χ2v) is 5.58. The van der Waals surface area contributed by atoms with Crippen molar-refractivity contribution in [3.63, 3.8) is 0 Å². The Morgan fingerprint density at radius 3 is 1.88 bits per heavy atom. The molecular formula is C16H20N2O6. The van der Waals surface area contributed by atoms with Gasteiger partial charge in [0.2, 0.25) is 11.6 Å². The molecule has 0 radical (unpaired) electrons. The number of hydrogen-bond acceptors (Lipinski definition) is 6. The van der Waals surface area contributed by atoms with Gasteiger partial charge in [-0.2, -0.15) is 0 Å². The van der Waals surface area contributed by atoms with Crippen LogP contribution in [0.3, 0.4) is 0 Å². The van der Waals surface area contributed by atoms with E-state index in [0.29, 0.717) is 5.56 Å². The molecule has 2 fully saturated rings. The Balaban J connectivity index is 0.000000232. The third-order valence-corrected chi connectivity index (χ3v) is 4.15. The topological polar surface area (TPSA) is 158 Å². The van der Waals surface area contributed by atoms with Crippen LogP contribution in [0.5, 0.6) is 5.75 Å². The van der Waals surface area contributed by atoms with E-state index in [9.17, 15) is 19.2 Å². The van der Waals surface area contributed by atoms with Gasteiger partial charge in [0.25, 0.3) is 11.7 Å². The van der Waals surface area contributed by atoms with Gasteiger partial charge in [-0.1, -0.05) is 12.8 Å². The number of aromatic hydroxyl groups is 1. The second kappa shape index (κ2) is 8.32. The van der Waals surface area contributed by atoms with Gasteiger partial charge in [-0.05, 0) is 37.1 Å². The Labute approximate surface area is 138 Å². The van der Waals surface area contributed by atoms with Crippen molar-refractivity contribution in [1.82, 2.24) is 5.43 Å². The maximum atomic E-state index is 11.2. The van der Waals surface area contributed by atoms with Crippen molar-refractivity contribution < 1.29 is 29.8 Å². The lowest BCUT2D eigenvalue weighted by Crippen LogP contribution is -2.29.